The molecule has 16 heavy (non-hydrogen) atoms. The second-order valence-corrected chi connectivity index (χ2v) is 3.58. The monoisotopic (exact) mass is 230 g/mol. The molecule has 0 aromatic heterocycles. The Morgan fingerprint density at radius 2 is 1.81 bits per heavy atom. The van der Waals surface area contributed by atoms with Gasteiger partial charge >= 0.3 is 0 Å². The number of nitrogens with one attached hydrogen (secondary N) is 1. The summed E-state index contributed by atoms with van der Waals surface area (Å²) in [5.74, 6) is -2.79. The van der Waals surface area contributed by atoms with Crippen LogP contribution in [0, 0.1) is 11.6 Å². The van der Waals surface area contributed by atoms with Crippen LogP contribution in [0.25, 0.3) is 0 Å². The first-order valence-electron chi connectivity index (χ1n) is 5.23. The summed E-state index contributed by atoms with van der Waals surface area (Å²) in [6.07, 6.45) is 1.85. The molecule has 0 saturated carbocycles. The van der Waals surface area contributed by atoms with Crippen LogP contribution >= 0.6 is 0 Å². The van der Waals surface area contributed by atoms with Crippen LogP contribution in [-0.2, 0) is 6.54 Å². The van der Waals surface area contributed by atoms with Crippen molar-refractivity contribution >= 4 is 0 Å². The lowest BCUT2D eigenvalue weighted by Gasteiger charge is -2.06. The van der Waals surface area contributed by atoms with Crippen LogP contribution in [-0.4, -0.2) is 18.2 Å². The fraction of sp³-hybridized carbons (Fsp3) is 0.455. The smallest absolute Gasteiger partial charge is 0.187 e. The van der Waals surface area contributed by atoms with Crippen molar-refractivity contribution in [2.24, 2.45) is 5.73 Å². The summed E-state index contributed by atoms with van der Waals surface area (Å²) in [7, 11) is 0. The van der Waals surface area contributed by atoms with Gasteiger partial charge in [-0.25, -0.2) is 8.78 Å². The van der Waals surface area contributed by atoms with Crippen molar-refractivity contribution in [3.8, 4) is 5.75 Å². The zero-order chi connectivity index (χ0) is 12.0. The molecule has 0 spiro atoms. The van der Waals surface area contributed by atoms with E-state index < -0.39 is 17.4 Å². The number of halogens is 2. The minimum Gasteiger partial charge on any atom is -0.503 e. The number of nitrogens with two attached hydrogens (primary N) is 1. The predicted octanol–water partition coefficient (Wildman–Crippen LogP) is 1.50. The highest BCUT2D eigenvalue weighted by Gasteiger charge is 2.08. The molecule has 0 fully saturated rings. The van der Waals surface area contributed by atoms with Crippen molar-refractivity contribution in [3.63, 3.8) is 0 Å². The molecule has 0 amide bonds. The number of phenols is 1. The standard InChI is InChI=1S/C11H16F2N2O/c12-9-5-8(6-10(13)11(9)16)7-15-4-2-1-3-14/h5-6,15-16H,1-4,7,14H2. The summed E-state index contributed by atoms with van der Waals surface area (Å²) in [5.41, 5.74) is 5.80. The molecule has 0 atom stereocenters. The highest BCUT2D eigenvalue weighted by Crippen LogP contribution is 2.21. The number of hydrogen-bond donors (Lipinski definition) is 3. The summed E-state index contributed by atoms with van der Waals surface area (Å²) >= 11 is 0. The third-order valence-corrected chi connectivity index (χ3v) is 2.21. The van der Waals surface area contributed by atoms with Gasteiger partial charge in [-0.2, -0.15) is 0 Å². The van der Waals surface area contributed by atoms with E-state index in [4.69, 9.17) is 10.8 Å². The van der Waals surface area contributed by atoms with Crippen LogP contribution in [0.1, 0.15) is 18.4 Å². The van der Waals surface area contributed by atoms with Gasteiger partial charge in [-0.1, -0.05) is 0 Å². The third-order valence-electron chi connectivity index (χ3n) is 2.21. The van der Waals surface area contributed by atoms with Crippen molar-refractivity contribution in [3.05, 3.63) is 29.3 Å². The molecule has 1 aromatic carbocycles. The zero-order valence-corrected chi connectivity index (χ0v) is 8.97. The van der Waals surface area contributed by atoms with Gasteiger partial charge in [0.1, 0.15) is 0 Å². The minimum absolute atomic E-state index is 0.374. The molecule has 0 aliphatic heterocycles. The molecule has 0 heterocycles. The third kappa shape index (κ3) is 3.75. The van der Waals surface area contributed by atoms with Gasteiger partial charge < -0.3 is 16.2 Å². The number of benzene rings is 1. The molecule has 0 radical (unpaired) electrons. The minimum atomic E-state index is -0.932. The maximum absolute atomic E-state index is 12.9. The van der Waals surface area contributed by atoms with Crippen molar-refractivity contribution in [2.45, 2.75) is 19.4 Å². The molecule has 4 N–H and O–H groups in total. The van der Waals surface area contributed by atoms with Crippen LogP contribution in [0.15, 0.2) is 12.1 Å². The number of aromatic hydroxyl groups is 1. The second kappa shape index (κ2) is 6.40. The summed E-state index contributed by atoms with van der Waals surface area (Å²) in [5, 5.41) is 11.9. The average Bonchev–Trinajstić information content (AvgIpc) is 2.25. The Bertz CT molecular complexity index is 322. The average molecular weight is 230 g/mol. The Kier molecular flexibility index (Phi) is 5.14. The summed E-state index contributed by atoms with van der Waals surface area (Å²) in [4.78, 5) is 0. The molecule has 0 aliphatic carbocycles. The molecular formula is C11H16F2N2O. The van der Waals surface area contributed by atoms with E-state index >= 15 is 0 Å². The molecule has 0 aliphatic rings. The SMILES string of the molecule is NCCCCNCc1cc(F)c(O)c(F)c1. The highest BCUT2D eigenvalue weighted by atomic mass is 19.1. The van der Waals surface area contributed by atoms with E-state index in [2.05, 4.69) is 5.32 Å². The maximum Gasteiger partial charge on any atom is 0.187 e. The molecular weight excluding hydrogens is 214 g/mol. The van der Waals surface area contributed by atoms with Gasteiger partial charge in [0, 0.05) is 6.54 Å². The van der Waals surface area contributed by atoms with Gasteiger partial charge in [0.2, 0.25) is 0 Å². The predicted molar refractivity (Wildman–Crippen MR) is 58.0 cm³/mol. The second-order valence-electron chi connectivity index (χ2n) is 3.58. The first-order chi connectivity index (χ1) is 7.65. The van der Waals surface area contributed by atoms with Crippen molar-refractivity contribution in [1.29, 1.82) is 0 Å². The van der Waals surface area contributed by atoms with Crippen LogP contribution in [0.4, 0.5) is 8.78 Å². The van der Waals surface area contributed by atoms with E-state index in [0.717, 1.165) is 31.5 Å². The Morgan fingerprint density at radius 1 is 1.19 bits per heavy atom. The summed E-state index contributed by atoms with van der Waals surface area (Å²) in [6.45, 7) is 1.77. The molecule has 0 saturated heterocycles. The molecule has 1 rings (SSSR count). The van der Waals surface area contributed by atoms with Gasteiger partial charge in [-0.05, 0) is 43.6 Å². The Balaban J connectivity index is 2.43. The van der Waals surface area contributed by atoms with E-state index in [1.54, 1.807) is 0 Å². The molecule has 90 valence electrons. The number of hydrogen-bond acceptors (Lipinski definition) is 3. The lowest BCUT2D eigenvalue weighted by molar-refractivity contribution is 0.395. The van der Waals surface area contributed by atoms with Crippen LogP contribution in [0.3, 0.4) is 0 Å². The van der Waals surface area contributed by atoms with Gasteiger partial charge in [0.15, 0.2) is 17.4 Å². The maximum atomic E-state index is 12.9. The van der Waals surface area contributed by atoms with E-state index in [1.807, 2.05) is 0 Å². The quantitative estimate of drug-likeness (QED) is 0.649. The van der Waals surface area contributed by atoms with Gasteiger partial charge in [-0.15, -0.1) is 0 Å². The lowest BCUT2D eigenvalue weighted by atomic mass is 10.2. The van der Waals surface area contributed by atoms with Crippen LogP contribution in [0.2, 0.25) is 0 Å². The van der Waals surface area contributed by atoms with E-state index in [-0.39, 0.29) is 0 Å². The molecule has 1 aromatic rings. The fourth-order valence-electron chi connectivity index (χ4n) is 1.35. The highest BCUT2D eigenvalue weighted by molar-refractivity contribution is 5.29. The van der Waals surface area contributed by atoms with E-state index in [9.17, 15) is 8.78 Å². The fourth-order valence-corrected chi connectivity index (χ4v) is 1.35. The lowest BCUT2D eigenvalue weighted by Crippen LogP contribution is -2.16. The van der Waals surface area contributed by atoms with Crippen LogP contribution in [0.5, 0.6) is 5.75 Å². The van der Waals surface area contributed by atoms with Crippen molar-refractivity contribution < 1.29 is 13.9 Å². The van der Waals surface area contributed by atoms with Gasteiger partial charge in [0.25, 0.3) is 0 Å². The number of phenolic OH excluding ortho intramolecular Hbond substituents is 1. The van der Waals surface area contributed by atoms with E-state index in [0.29, 0.717) is 18.7 Å². The Hall–Kier alpha value is -1.20. The molecule has 5 heteroatoms. The van der Waals surface area contributed by atoms with Crippen molar-refractivity contribution in [2.75, 3.05) is 13.1 Å². The molecule has 3 nitrogen and oxygen atoms in total. The first-order valence-corrected chi connectivity index (χ1v) is 5.23. The van der Waals surface area contributed by atoms with Gasteiger partial charge in [-0.3, -0.25) is 0 Å². The Labute approximate surface area is 93.3 Å². The largest absolute Gasteiger partial charge is 0.503 e. The van der Waals surface area contributed by atoms with Crippen LogP contribution < -0.4 is 11.1 Å². The Morgan fingerprint density at radius 3 is 2.38 bits per heavy atom. The van der Waals surface area contributed by atoms with Crippen molar-refractivity contribution in [1.82, 2.24) is 5.32 Å². The number of unbranched alkanes of at least 4 members (excludes halogenated alkanes) is 1. The summed E-state index contributed by atoms with van der Waals surface area (Å²) < 4.78 is 25.9. The number of rotatable bonds is 6. The molecule has 0 bridgehead atoms. The normalized spacial score (nSPS) is 10.7. The first kappa shape index (κ1) is 12.9. The molecule has 0 unspecified atom stereocenters. The van der Waals surface area contributed by atoms with E-state index in [1.165, 1.54) is 0 Å². The topological polar surface area (TPSA) is 58.3 Å². The van der Waals surface area contributed by atoms with Gasteiger partial charge in [0.05, 0.1) is 0 Å². The zero-order valence-electron chi connectivity index (χ0n) is 8.97. The summed E-state index contributed by atoms with van der Waals surface area (Å²) in [6, 6.07) is 2.24.